The molecule has 0 heterocycles. The molecule has 0 spiro atoms. The first-order chi connectivity index (χ1) is 7.63. The van der Waals surface area contributed by atoms with Crippen LogP contribution in [0.25, 0.3) is 0 Å². The van der Waals surface area contributed by atoms with E-state index < -0.39 is 0 Å². The van der Waals surface area contributed by atoms with E-state index in [1.807, 2.05) is 0 Å². The van der Waals surface area contributed by atoms with Gasteiger partial charge in [-0.3, -0.25) is 5.41 Å². The monoisotopic (exact) mass is 220 g/mol. The van der Waals surface area contributed by atoms with Gasteiger partial charge in [-0.05, 0) is 49.4 Å². The molecule has 1 fully saturated rings. The molecule has 1 aromatic carbocycles. The Kier molecular flexibility index (Phi) is 2.68. The van der Waals surface area contributed by atoms with E-state index in [4.69, 9.17) is 10.9 Å². The predicted octanol–water partition coefficient (Wildman–Crippen LogP) is 3.45. The van der Waals surface area contributed by atoms with Gasteiger partial charge in [0.15, 0.2) is 0 Å². The summed E-state index contributed by atoms with van der Waals surface area (Å²) in [6, 6.07) is 4.40. The van der Waals surface area contributed by atoms with Gasteiger partial charge in [0.25, 0.3) is 0 Å². The van der Waals surface area contributed by atoms with Crippen LogP contribution in [0.2, 0.25) is 0 Å². The van der Waals surface area contributed by atoms with Crippen molar-refractivity contribution in [2.75, 3.05) is 5.01 Å². The first-order valence-corrected chi connectivity index (χ1v) is 5.15. The lowest BCUT2D eigenvalue weighted by Gasteiger charge is -2.18. The number of hydrogen-bond donors (Lipinski definition) is 2. The van der Waals surface area contributed by atoms with Crippen molar-refractivity contribution in [1.29, 1.82) is 10.9 Å². The highest BCUT2D eigenvalue weighted by Gasteiger charge is 2.28. The zero-order valence-electron chi connectivity index (χ0n) is 9.00. The van der Waals surface area contributed by atoms with Gasteiger partial charge in [0.05, 0.1) is 5.69 Å². The first-order valence-electron chi connectivity index (χ1n) is 5.15. The summed E-state index contributed by atoms with van der Waals surface area (Å²) in [5, 5.41) is 12.0. The van der Waals surface area contributed by atoms with Crippen LogP contribution in [0.4, 0.5) is 10.1 Å². The summed E-state index contributed by atoms with van der Waals surface area (Å²) in [4.78, 5) is 0. The molecule has 0 aromatic heterocycles. The predicted molar refractivity (Wildman–Crippen MR) is 59.4 cm³/mol. The van der Waals surface area contributed by atoms with Crippen molar-refractivity contribution in [3.8, 4) is 0 Å². The minimum absolute atomic E-state index is 0.156. The summed E-state index contributed by atoms with van der Waals surface area (Å²) < 4.78 is 13.2. The van der Waals surface area contributed by atoms with Crippen molar-refractivity contribution < 1.29 is 4.39 Å². The molecule has 0 amide bonds. The number of halogens is 1. The third-order valence-electron chi connectivity index (χ3n) is 2.65. The molecular weight excluding hydrogens is 207 g/mol. The quantitative estimate of drug-likeness (QED) is 0.348. The molecule has 84 valence electrons. The number of benzene rings is 1. The number of amidine groups is 1. The molecule has 4 nitrogen and oxygen atoms in total. The second kappa shape index (κ2) is 4.00. The van der Waals surface area contributed by atoms with E-state index in [2.05, 4.69) is 5.22 Å². The Hall–Kier alpha value is -1.78. The Labute approximate surface area is 93.1 Å². The molecule has 16 heavy (non-hydrogen) atoms. The number of nitrogens with one attached hydrogen (secondary N) is 2. The summed E-state index contributed by atoms with van der Waals surface area (Å²) in [6.45, 7) is 1.55. The number of rotatable bonds is 3. The molecule has 1 aromatic rings. The molecule has 5 heteroatoms. The zero-order valence-corrected chi connectivity index (χ0v) is 9.00. The Morgan fingerprint density at radius 1 is 1.50 bits per heavy atom. The summed E-state index contributed by atoms with van der Waals surface area (Å²) in [7, 11) is 0. The molecule has 1 saturated carbocycles. The smallest absolute Gasteiger partial charge is 0.123 e. The van der Waals surface area contributed by atoms with E-state index >= 15 is 0 Å². The molecule has 1 aliphatic carbocycles. The van der Waals surface area contributed by atoms with Crippen LogP contribution >= 0.6 is 0 Å². The van der Waals surface area contributed by atoms with Crippen molar-refractivity contribution in [2.24, 2.45) is 5.22 Å². The molecule has 2 N–H and O–H groups in total. The van der Waals surface area contributed by atoms with Crippen LogP contribution in [-0.2, 0) is 0 Å². The fourth-order valence-electron chi connectivity index (χ4n) is 1.75. The summed E-state index contributed by atoms with van der Waals surface area (Å²) in [6.07, 6.45) is 2.08. The Morgan fingerprint density at radius 2 is 2.19 bits per heavy atom. The number of anilines is 1. The van der Waals surface area contributed by atoms with E-state index in [0.29, 0.717) is 11.6 Å². The maximum atomic E-state index is 13.2. The van der Waals surface area contributed by atoms with Gasteiger partial charge in [0.1, 0.15) is 11.7 Å². The second-order valence-electron chi connectivity index (χ2n) is 3.97. The van der Waals surface area contributed by atoms with Gasteiger partial charge in [-0.25, -0.2) is 9.40 Å². The van der Waals surface area contributed by atoms with Crippen LogP contribution in [0.5, 0.6) is 0 Å². The highest BCUT2D eigenvalue weighted by molar-refractivity contribution is 5.93. The third-order valence-corrected chi connectivity index (χ3v) is 2.65. The van der Waals surface area contributed by atoms with Gasteiger partial charge >= 0.3 is 0 Å². The van der Waals surface area contributed by atoms with E-state index in [0.717, 1.165) is 18.4 Å². The zero-order chi connectivity index (χ0) is 11.7. The third kappa shape index (κ3) is 1.93. The summed E-state index contributed by atoms with van der Waals surface area (Å²) >= 11 is 0. The van der Waals surface area contributed by atoms with Crippen LogP contribution in [0.1, 0.15) is 31.2 Å². The second-order valence-corrected chi connectivity index (χ2v) is 3.97. The van der Waals surface area contributed by atoms with E-state index in [9.17, 15) is 4.39 Å². The minimum Gasteiger partial charge on any atom is -0.287 e. The summed E-state index contributed by atoms with van der Waals surface area (Å²) in [5.74, 6) is 0.232. The van der Waals surface area contributed by atoms with Crippen LogP contribution in [-0.4, -0.2) is 5.84 Å². The van der Waals surface area contributed by atoms with Crippen LogP contribution < -0.4 is 5.01 Å². The average molecular weight is 220 g/mol. The highest BCUT2D eigenvalue weighted by atomic mass is 19.1. The molecule has 2 rings (SSSR count). The fourth-order valence-corrected chi connectivity index (χ4v) is 1.75. The lowest BCUT2D eigenvalue weighted by molar-refractivity contribution is 0.625. The summed E-state index contributed by atoms with van der Waals surface area (Å²) in [5.41, 5.74) is 8.55. The van der Waals surface area contributed by atoms with Gasteiger partial charge in [0.2, 0.25) is 0 Å². The van der Waals surface area contributed by atoms with Gasteiger partial charge in [-0.1, -0.05) is 5.22 Å². The van der Waals surface area contributed by atoms with Crippen molar-refractivity contribution in [3.05, 3.63) is 29.6 Å². The average Bonchev–Trinajstić information content (AvgIpc) is 3.04. The Morgan fingerprint density at radius 3 is 2.69 bits per heavy atom. The molecular formula is C11H13FN4. The topological polar surface area (TPSA) is 63.3 Å². The Bertz CT molecular complexity index is 440. The van der Waals surface area contributed by atoms with Crippen LogP contribution in [0.3, 0.4) is 0 Å². The molecule has 0 bridgehead atoms. The lowest BCUT2D eigenvalue weighted by Crippen LogP contribution is -2.21. The van der Waals surface area contributed by atoms with E-state index in [1.165, 1.54) is 17.1 Å². The largest absolute Gasteiger partial charge is 0.287 e. The van der Waals surface area contributed by atoms with Gasteiger partial charge in [-0.2, -0.15) is 5.53 Å². The van der Waals surface area contributed by atoms with E-state index in [1.54, 1.807) is 13.0 Å². The van der Waals surface area contributed by atoms with Crippen molar-refractivity contribution in [1.82, 2.24) is 0 Å². The maximum Gasteiger partial charge on any atom is 0.123 e. The standard InChI is InChI=1S/C11H13FN4/c1-7(13)16(15-14)11-5-4-9(12)6-10(11)8-2-3-8/h4-6,8,13-14H,2-3H2,1H3. The molecule has 0 unspecified atom stereocenters. The molecule has 0 radical (unpaired) electrons. The first kappa shape index (κ1) is 10.7. The number of hydrogen-bond acceptors (Lipinski definition) is 3. The molecule has 0 saturated heterocycles. The van der Waals surface area contributed by atoms with Crippen molar-refractivity contribution >= 4 is 11.5 Å². The molecule has 1 aliphatic rings. The van der Waals surface area contributed by atoms with Crippen LogP contribution in [0, 0.1) is 16.8 Å². The molecule has 0 atom stereocenters. The normalized spacial score (nSPS) is 14.6. The minimum atomic E-state index is -0.279. The van der Waals surface area contributed by atoms with Gasteiger partial charge in [0, 0.05) is 0 Å². The van der Waals surface area contributed by atoms with Crippen LogP contribution in [0.15, 0.2) is 23.4 Å². The van der Waals surface area contributed by atoms with Gasteiger partial charge < -0.3 is 0 Å². The fraction of sp³-hybridized carbons (Fsp3) is 0.364. The van der Waals surface area contributed by atoms with Crippen molar-refractivity contribution in [3.63, 3.8) is 0 Å². The molecule has 0 aliphatic heterocycles. The van der Waals surface area contributed by atoms with Gasteiger partial charge in [-0.15, -0.1) is 0 Å². The number of nitrogens with zero attached hydrogens (tertiary/aromatic N) is 2. The highest BCUT2D eigenvalue weighted by Crippen LogP contribution is 2.44. The van der Waals surface area contributed by atoms with Crippen molar-refractivity contribution in [2.45, 2.75) is 25.7 Å². The lowest BCUT2D eigenvalue weighted by atomic mass is 10.1. The Balaban J connectivity index is 2.45. The SMILES string of the molecule is CC(=N)N(N=N)c1ccc(F)cc1C1CC1. The maximum absolute atomic E-state index is 13.2. The van der Waals surface area contributed by atoms with E-state index in [-0.39, 0.29) is 11.7 Å².